The van der Waals surface area contributed by atoms with Crippen LogP contribution in [0.5, 0.6) is 0 Å². The molecule has 6 heteroatoms. The number of hydrogen-bond donors (Lipinski definition) is 1. The molecule has 0 fully saturated rings. The maximum Gasteiger partial charge on any atom is 0.336 e. The van der Waals surface area contributed by atoms with Crippen molar-refractivity contribution >= 4 is 22.8 Å². The summed E-state index contributed by atoms with van der Waals surface area (Å²) in [5.41, 5.74) is 1.17. The summed E-state index contributed by atoms with van der Waals surface area (Å²) < 4.78 is 0. The number of nitrogens with zero attached hydrogens (tertiary/aromatic N) is 2. The molecule has 0 unspecified atom stereocenters. The Kier molecular flexibility index (Phi) is 3.57. The van der Waals surface area contributed by atoms with E-state index in [2.05, 4.69) is 9.97 Å². The molecule has 0 radical (unpaired) electrons. The van der Waals surface area contributed by atoms with E-state index in [0.29, 0.717) is 5.69 Å². The third kappa shape index (κ3) is 2.61. The maximum atomic E-state index is 11.5. The number of carbonyl (C=O) groups is 2. The molecule has 1 N–H and O–H groups in total. The predicted octanol–water partition coefficient (Wildman–Crippen LogP) is 2.53. The summed E-state index contributed by atoms with van der Waals surface area (Å²) in [5, 5.41) is 8.21. The lowest BCUT2D eigenvalue weighted by atomic mass is 10.0. The Morgan fingerprint density at radius 3 is 2.47 bits per heavy atom. The Balaban J connectivity index is 2.73. The van der Waals surface area contributed by atoms with Crippen molar-refractivity contribution in [1.82, 2.24) is 9.97 Å². The van der Waals surface area contributed by atoms with Gasteiger partial charge in [0.25, 0.3) is 5.24 Å². The molecular weight excluding hydrogens is 268 g/mol. The standard InChI is InChI=1S/C13H9ClN2O3/c1-7-2-4-15-9(6-7)11-10(12(14)17)8(13(18)19)3-5-16-11/h2-6H,1H3,(H,18,19). The van der Waals surface area contributed by atoms with Crippen LogP contribution in [0.3, 0.4) is 0 Å². The number of aryl methyl sites for hydroxylation is 1. The number of pyridine rings is 2. The van der Waals surface area contributed by atoms with E-state index in [-0.39, 0.29) is 16.8 Å². The summed E-state index contributed by atoms with van der Waals surface area (Å²) in [6.07, 6.45) is 2.87. The zero-order chi connectivity index (χ0) is 14.0. The van der Waals surface area contributed by atoms with Gasteiger partial charge in [0.2, 0.25) is 0 Å². The van der Waals surface area contributed by atoms with Crippen molar-refractivity contribution in [2.24, 2.45) is 0 Å². The number of carboxylic acid groups (broad SMARTS) is 1. The summed E-state index contributed by atoms with van der Waals surface area (Å²) in [5.74, 6) is -1.24. The van der Waals surface area contributed by atoms with E-state index in [1.54, 1.807) is 18.3 Å². The molecule has 2 heterocycles. The highest BCUT2D eigenvalue weighted by Crippen LogP contribution is 2.24. The first-order valence-electron chi connectivity index (χ1n) is 5.36. The van der Waals surface area contributed by atoms with Crippen LogP contribution in [0.4, 0.5) is 0 Å². The van der Waals surface area contributed by atoms with E-state index in [0.717, 1.165) is 5.56 Å². The van der Waals surface area contributed by atoms with Gasteiger partial charge in [0, 0.05) is 12.4 Å². The predicted molar refractivity (Wildman–Crippen MR) is 69.3 cm³/mol. The summed E-state index contributed by atoms with van der Waals surface area (Å²) in [6, 6.07) is 4.72. The van der Waals surface area contributed by atoms with Crippen molar-refractivity contribution in [3.63, 3.8) is 0 Å². The number of halogens is 1. The molecule has 5 nitrogen and oxygen atoms in total. The number of aromatic nitrogens is 2. The van der Waals surface area contributed by atoms with Gasteiger partial charge in [0.15, 0.2) is 0 Å². The van der Waals surface area contributed by atoms with Gasteiger partial charge in [-0.2, -0.15) is 0 Å². The van der Waals surface area contributed by atoms with E-state index in [1.165, 1.54) is 12.3 Å². The van der Waals surface area contributed by atoms with Crippen molar-refractivity contribution in [3.05, 3.63) is 47.3 Å². The van der Waals surface area contributed by atoms with Gasteiger partial charge in [-0.15, -0.1) is 0 Å². The summed E-state index contributed by atoms with van der Waals surface area (Å²) >= 11 is 5.48. The molecule has 0 aliphatic heterocycles. The van der Waals surface area contributed by atoms with E-state index in [9.17, 15) is 9.59 Å². The lowest BCUT2D eigenvalue weighted by molar-refractivity contribution is 0.0693. The molecular formula is C13H9ClN2O3. The smallest absolute Gasteiger partial charge is 0.336 e. The largest absolute Gasteiger partial charge is 0.478 e. The SMILES string of the molecule is Cc1ccnc(-c2nccc(C(=O)O)c2C(=O)Cl)c1. The summed E-state index contributed by atoms with van der Waals surface area (Å²) in [7, 11) is 0. The minimum absolute atomic E-state index is 0.144. The van der Waals surface area contributed by atoms with Crippen LogP contribution in [0.2, 0.25) is 0 Å². The lowest BCUT2D eigenvalue weighted by Crippen LogP contribution is -2.08. The van der Waals surface area contributed by atoms with Gasteiger partial charge in [-0.3, -0.25) is 14.8 Å². The summed E-state index contributed by atoms with van der Waals surface area (Å²) in [4.78, 5) is 30.7. The zero-order valence-electron chi connectivity index (χ0n) is 9.92. The van der Waals surface area contributed by atoms with Crippen LogP contribution in [0.15, 0.2) is 30.6 Å². The first-order chi connectivity index (χ1) is 9.00. The molecule has 0 saturated carbocycles. The van der Waals surface area contributed by atoms with Gasteiger partial charge in [-0.1, -0.05) is 0 Å². The van der Waals surface area contributed by atoms with E-state index >= 15 is 0 Å². The van der Waals surface area contributed by atoms with Crippen molar-refractivity contribution < 1.29 is 14.7 Å². The fourth-order valence-electron chi connectivity index (χ4n) is 1.70. The average Bonchev–Trinajstić information content (AvgIpc) is 2.37. The molecule has 0 atom stereocenters. The van der Waals surface area contributed by atoms with Crippen molar-refractivity contribution in [2.45, 2.75) is 6.92 Å². The van der Waals surface area contributed by atoms with Crippen LogP contribution < -0.4 is 0 Å². The molecule has 2 aromatic rings. The Morgan fingerprint density at radius 1 is 1.21 bits per heavy atom. The molecule has 0 aromatic carbocycles. The highest BCUT2D eigenvalue weighted by Gasteiger charge is 2.21. The van der Waals surface area contributed by atoms with Gasteiger partial charge < -0.3 is 5.11 Å². The van der Waals surface area contributed by atoms with Gasteiger partial charge in [0.05, 0.1) is 16.8 Å². The minimum Gasteiger partial charge on any atom is -0.478 e. The lowest BCUT2D eigenvalue weighted by Gasteiger charge is -2.08. The molecule has 0 bridgehead atoms. The van der Waals surface area contributed by atoms with Crippen LogP contribution in [-0.4, -0.2) is 26.3 Å². The van der Waals surface area contributed by atoms with Gasteiger partial charge in [0.1, 0.15) is 5.69 Å². The van der Waals surface area contributed by atoms with Crippen LogP contribution in [0.25, 0.3) is 11.4 Å². The maximum absolute atomic E-state index is 11.5. The van der Waals surface area contributed by atoms with Crippen molar-refractivity contribution in [2.75, 3.05) is 0 Å². The molecule has 2 aromatic heterocycles. The fraction of sp³-hybridized carbons (Fsp3) is 0.0769. The second-order valence-electron chi connectivity index (χ2n) is 3.88. The number of aromatic carboxylic acids is 1. The third-order valence-electron chi connectivity index (χ3n) is 2.54. The molecule has 2 rings (SSSR count). The average molecular weight is 277 g/mol. The fourth-order valence-corrected chi connectivity index (χ4v) is 1.89. The van der Waals surface area contributed by atoms with E-state index < -0.39 is 11.2 Å². The number of carboxylic acids is 1. The normalized spacial score (nSPS) is 10.2. The van der Waals surface area contributed by atoms with Gasteiger partial charge in [-0.25, -0.2) is 4.79 Å². The number of rotatable bonds is 3. The molecule has 0 saturated heterocycles. The minimum atomic E-state index is -1.24. The Bertz CT molecular complexity index is 671. The number of carbonyl (C=O) groups excluding carboxylic acids is 1. The Morgan fingerprint density at radius 2 is 1.89 bits per heavy atom. The molecule has 96 valence electrons. The van der Waals surface area contributed by atoms with Crippen molar-refractivity contribution in [3.8, 4) is 11.4 Å². The van der Waals surface area contributed by atoms with Crippen LogP contribution >= 0.6 is 11.6 Å². The summed E-state index contributed by atoms with van der Waals surface area (Å²) in [6.45, 7) is 1.86. The first kappa shape index (κ1) is 13.2. The highest BCUT2D eigenvalue weighted by atomic mass is 35.5. The van der Waals surface area contributed by atoms with E-state index in [1.807, 2.05) is 6.92 Å². The van der Waals surface area contributed by atoms with Gasteiger partial charge in [-0.05, 0) is 42.3 Å². The molecule has 0 aliphatic rings. The van der Waals surface area contributed by atoms with Crippen LogP contribution in [-0.2, 0) is 0 Å². The molecule has 19 heavy (non-hydrogen) atoms. The first-order valence-corrected chi connectivity index (χ1v) is 5.73. The molecule has 0 spiro atoms. The second kappa shape index (κ2) is 5.16. The molecule has 0 amide bonds. The van der Waals surface area contributed by atoms with Gasteiger partial charge >= 0.3 is 5.97 Å². The third-order valence-corrected chi connectivity index (χ3v) is 2.72. The monoisotopic (exact) mass is 276 g/mol. The quantitative estimate of drug-likeness (QED) is 0.871. The Hall–Kier alpha value is -2.27. The Labute approximate surface area is 113 Å². The van der Waals surface area contributed by atoms with Crippen LogP contribution in [0, 0.1) is 6.92 Å². The second-order valence-corrected chi connectivity index (χ2v) is 4.22. The number of hydrogen-bond acceptors (Lipinski definition) is 4. The van der Waals surface area contributed by atoms with E-state index in [4.69, 9.17) is 16.7 Å². The van der Waals surface area contributed by atoms with Crippen LogP contribution in [0.1, 0.15) is 26.3 Å². The topological polar surface area (TPSA) is 80.2 Å². The highest BCUT2D eigenvalue weighted by molar-refractivity contribution is 6.68. The molecule has 0 aliphatic carbocycles. The zero-order valence-corrected chi connectivity index (χ0v) is 10.7. The van der Waals surface area contributed by atoms with Crippen molar-refractivity contribution in [1.29, 1.82) is 0 Å².